The zero-order chi connectivity index (χ0) is 15.6. The predicted octanol–water partition coefficient (Wildman–Crippen LogP) is 0.552. The molecule has 112 valence electrons. The van der Waals surface area contributed by atoms with Crippen LogP contribution in [0.5, 0.6) is 0 Å². The fourth-order valence-electron chi connectivity index (χ4n) is 2.03. The number of carbonyl (C=O) groups excluding carboxylic acids is 2. The number of esters is 2. The average molecular weight is 313 g/mol. The van der Waals surface area contributed by atoms with E-state index in [0.717, 1.165) is 0 Å². The molecular formula is C13H13ClN2O5. The van der Waals surface area contributed by atoms with Gasteiger partial charge in [0.2, 0.25) is 0 Å². The zero-order valence-corrected chi connectivity index (χ0v) is 12.2. The van der Waals surface area contributed by atoms with Gasteiger partial charge >= 0.3 is 11.9 Å². The first-order valence-electron chi connectivity index (χ1n) is 6.03. The smallest absolute Gasteiger partial charge is 0.346 e. The molecule has 8 heteroatoms. The maximum absolute atomic E-state index is 11.8. The van der Waals surface area contributed by atoms with Gasteiger partial charge in [0.15, 0.2) is 5.57 Å². The molecule has 2 heterocycles. The maximum Gasteiger partial charge on any atom is 0.346 e. The summed E-state index contributed by atoms with van der Waals surface area (Å²) in [6, 6.07) is 2.89. The molecule has 0 aliphatic carbocycles. The number of hydrogen-bond acceptors (Lipinski definition) is 6. The van der Waals surface area contributed by atoms with Crippen LogP contribution in [0, 0.1) is 0 Å². The molecular weight excluding hydrogens is 300 g/mol. The van der Waals surface area contributed by atoms with E-state index in [0.29, 0.717) is 18.9 Å². The van der Waals surface area contributed by atoms with E-state index in [1.165, 1.54) is 31.1 Å². The largest absolute Gasteiger partial charge is 0.465 e. The Kier molecular flexibility index (Phi) is 4.32. The highest BCUT2D eigenvalue weighted by molar-refractivity contribution is 6.30. The van der Waals surface area contributed by atoms with Crippen LogP contribution in [0.25, 0.3) is 0 Å². The molecule has 0 saturated carbocycles. The Bertz CT molecular complexity index is 662. The van der Waals surface area contributed by atoms with E-state index < -0.39 is 11.9 Å². The molecule has 0 unspecified atom stereocenters. The summed E-state index contributed by atoms with van der Waals surface area (Å²) in [5.74, 6) is -1.13. The molecule has 0 amide bonds. The number of nitrogens with zero attached hydrogens (tertiary/aromatic N) is 2. The van der Waals surface area contributed by atoms with Crippen LogP contribution < -0.4 is 10.5 Å². The van der Waals surface area contributed by atoms with Crippen molar-refractivity contribution >= 4 is 29.4 Å². The van der Waals surface area contributed by atoms with Crippen molar-refractivity contribution in [1.82, 2.24) is 4.57 Å². The molecule has 0 atom stereocenters. The van der Waals surface area contributed by atoms with E-state index in [9.17, 15) is 14.4 Å². The summed E-state index contributed by atoms with van der Waals surface area (Å²) in [5, 5.41) is 0.282. The van der Waals surface area contributed by atoms with E-state index in [2.05, 4.69) is 9.47 Å². The van der Waals surface area contributed by atoms with Crippen molar-refractivity contribution in [1.29, 1.82) is 0 Å². The van der Waals surface area contributed by atoms with Gasteiger partial charge in [-0.3, -0.25) is 9.36 Å². The fraction of sp³-hybridized carbons (Fsp3) is 0.308. The molecule has 0 spiro atoms. The van der Waals surface area contributed by atoms with Gasteiger partial charge in [0.1, 0.15) is 5.82 Å². The number of fused-ring (bicyclic) bond motifs is 1. The molecule has 0 bridgehead atoms. The molecule has 1 aromatic rings. The number of hydrogen-bond donors (Lipinski definition) is 0. The van der Waals surface area contributed by atoms with Gasteiger partial charge in [-0.05, 0) is 6.07 Å². The SMILES string of the molecule is COC(=O)C(=CN1CCn2c1cc(Cl)cc2=O)C(=O)OC. The van der Waals surface area contributed by atoms with Gasteiger partial charge in [0.05, 0.1) is 14.2 Å². The molecule has 2 rings (SSSR count). The van der Waals surface area contributed by atoms with Crippen molar-refractivity contribution in [3.63, 3.8) is 0 Å². The van der Waals surface area contributed by atoms with Crippen LogP contribution in [-0.2, 0) is 25.6 Å². The molecule has 1 aromatic heterocycles. The molecule has 0 radical (unpaired) electrons. The van der Waals surface area contributed by atoms with Crippen LogP contribution in [0.3, 0.4) is 0 Å². The second-order valence-corrected chi connectivity index (χ2v) is 4.68. The molecule has 0 fully saturated rings. The molecule has 21 heavy (non-hydrogen) atoms. The molecule has 7 nitrogen and oxygen atoms in total. The second-order valence-electron chi connectivity index (χ2n) is 4.24. The van der Waals surface area contributed by atoms with Gasteiger partial charge in [-0.15, -0.1) is 0 Å². The van der Waals surface area contributed by atoms with Gasteiger partial charge in [0, 0.05) is 30.4 Å². The van der Waals surface area contributed by atoms with E-state index in [1.54, 1.807) is 11.0 Å². The van der Waals surface area contributed by atoms with Gasteiger partial charge in [-0.2, -0.15) is 0 Å². The number of methoxy groups -OCH3 is 2. The predicted molar refractivity (Wildman–Crippen MR) is 75.2 cm³/mol. The number of anilines is 1. The fourth-order valence-corrected chi connectivity index (χ4v) is 2.22. The molecule has 0 N–H and O–H groups in total. The number of aromatic nitrogens is 1. The zero-order valence-electron chi connectivity index (χ0n) is 11.5. The lowest BCUT2D eigenvalue weighted by molar-refractivity contribution is -0.144. The topological polar surface area (TPSA) is 77.8 Å². The minimum atomic E-state index is -0.815. The summed E-state index contributed by atoms with van der Waals surface area (Å²) >= 11 is 5.87. The Morgan fingerprint density at radius 1 is 1.19 bits per heavy atom. The minimum Gasteiger partial charge on any atom is -0.465 e. The Labute approximate surface area is 125 Å². The van der Waals surface area contributed by atoms with Gasteiger partial charge < -0.3 is 14.4 Å². The molecule has 0 saturated heterocycles. The van der Waals surface area contributed by atoms with Gasteiger partial charge in [-0.25, -0.2) is 9.59 Å². The summed E-state index contributed by atoms with van der Waals surface area (Å²) in [4.78, 5) is 36.6. The van der Waals surface area contributed by atoms with Crippen molar-refractivity contribution in [3.8, 4) is 0 Å². The Balaban J connectivity index is 2.45. The summed E-state index contributed by atoms with van der Waals surface area (Å²) < 4.78 is 10.6. The maximum atomic E-state index is 11.8. The van der Waals surface area contributed by atoms with Crippen LogP contribution in [-0.4, -0.2) is 37.3 Å². The standard InChI is InChI=1S/C13H13ClN2O5/c1-20-12(18)9(13(19)21-2)7-15-3-4-16-10(15)5-8(14)6-11(16)17/h5-7H,3-4H2,1-2H3. The number of halogens is 1. The summed E-state index contributed by atoms with van der Waals surface area (Å²) in [7, 11) is 2.33. The quantitative estimate of drug-likeness (QED) is 0.351. The third-order valence-electron chi connectivity index (χ3n) is 3.03. The number of pyridine rings is 1. The van der Waals surface area contributed by atoms with Gasteiger partial charge in [-0.1, -0.05) is 11.6 Å². The van der Waals surface area contributed by atoms with E-state index in [1.807, 2.05) is 0 Å². The first-order chi connectivity index (χ1) is 9.97. The van der Waals surface area contributed by atoms with Crippen molar-refractivity contribution < 1.29 is 19.1 Å². The van der Waals surface area contributed by atoms with Crippen LogP contribution >= 0.6 is 11.6 Å². The summed E-state index contributed by atoms with van der Waals surface area (Å²) in [6.45, 7) is 0.852. The highest BCUT2D eigenvalue weighted by Gasteiger charge is 2.25. The van der Waals surface area contributed by atoms with Crippen molar-refractivity contribution in [3.05, 3.63) is 39.3 Å². The van der Waals surface area contributed by atoms with E-state index in [-0.39, 0.29) is 16.2 Å². The first-order valence-corrected chi connectivity index (χ1v) is 6.41. The number of carbonyl (C=O) groups is 2. The van der Waals surface area contributed by atoms with Crippen LogP contribution in [0.1, 0.15) is 0 Å². The lowest BCUT2D eigenvalue weighted by atomic mass is 10.3. The Morgan fingerprint density at radius 3 is 2.38 bits per heavy atom. The van der Waals surface area contributed by atoms with Crippen LogP contribution in [0.15, 0.2) is 28.7 Å². The van der Waals surface area contributed by atoms with Crippen molar-refractivity contribution in [2.24, 2.45) is 0 Å². The van der Waals surface area contributed by atoms with E-state index in [4.69, 9.17) is 11.6 Å². The normalized spacial score (nSPS) is 12.6. The third kappa shape index (κ3) is 2.92. The number of rotatable bonds is 3. The Hall–Kier alpha value is -2.28. The average Bonchev–Trinajstić information content (AvgIpc) is 2.86. The summed E-state index contributed by atoms with van der Waals surface area (Å²) in [6.07, 6.45) is 1.30. The van der Waals surface area contributed by atoms with Crippen LogP contribution in [0.2, 0.25) is 5.02 Å². The molecule has 0 aromatic carbocycles. The monoisotopic (exact) mass is 312 g/mol. The number of ether oxygens (including phenoxy) is 2. The van der Waals surface area contributed by atoms with Gasteiger partial charge in [0.25, 0.3) is 5.56 Å². The lowest BCUT2D eigenvalue weighted by Crippen LogP contribution is -2.22. The minimum absolute atomic E-state index is 0.244. The van der Waals surface area contributed by atoms with E-state index >= 15 is 0 Å². The molecule has 1 aliphatic rings. The highest BCUT2D eigenvalue weighted by atomic mass is 35.5. The molecule has 1 aliphatic heterocycles. The Morgan fingerprint density at radius 2 is 1.81 bits per heavy atom. The first kappa shape index (κ1) is 15.1. The van der Waals surface area contributed by atoms with Crippen molar-refractivity contribution in [2.75, 3.05) is 25.7 Å². The second kappa shape index (κ2) is 6.01. The van der Waals surface area contributed by atoms with Crippen LogP contribution in [0.4, 0.5) is 5.82 Å². The third-order valence-corrected chi connectivity index (χ3v) is 3.24. The van der Waals surface area contributed by atoms with Crippen molar-refractivity contribution in [2.45, 2.75) is 6.54 Å². The summed E-state index contributed by atoms with van der Waals surface area (Å²) in [5.41, 5.74) is -0.507. The highest BCUT2D eigenvalue weighted by Crippen LogP contribution is 2.23. The lowest BCUT2D eigenvalue weighted by Gasteiger charge is -2.14.